The molecule has 2 aliphatic rings. The Morgan fingerprint density at radius 1 is 1.32 bits per heavy atom. The summed E-state index contributed by atoms with van der Waals surface area (Å²) >= 11 is 0. The number of aromatic nitrogens is 1. The smallest absolute Gasteiger partial charge is 0.0469 e. The molecule has 1 N–H and O–H groups in total. The van der Waals surface area contributed by atoms with Crippen molar-refractivity contribution in [1.29, 1.82) is 0 Å². The van der Waals surface area contributed by atoms with Crippen LogP contribution in [0, 0.1) is 11.8 Å². The van der Waals surface area contributed by atoms with Gasteiger partial charge in [0.2, 0.25) is 0 Å². The average Bonchev–Trinajstić information content (AvgIpc) is 2.77. The molecule has 4 rings (SSSR count). The van der Waals surface area contributed by atoms with Crippen molar-refractivity contribution in [3.8, 4) is 0 Å². The first-order valence-corrected chi connectivity index (χ1v) is 7.18. The summed E-state index contributed by atoms with van der Waals surface area (Å²) in [5.74, 6) is 1.31. The zero-order valence-corrected chi connectivity index (χ0v) is 11.6. The first-order chi connectivity index (χ1) is 9.18. The molecular weight excluding hydrogens is 232 g/mol. The largest absolute Gasteiger partial charge is 0.355 e. The number of rotatable bonds is 0. The highest BCUT2D eigenvalue weighted by atomic mass is 15.1. The van der Waals surface area contributed by atoms with E-state index < -0.39 is 0 Å². The normalized spacial score (nSPS) is 30.6. The average molecular weight is 252 g/mol. The molecule has 3 atom stereocenters. The van der Waals surface area contributed by atoms with Crippen LogP contribution in [0.25, 0.3) is 16.5 Å². The Labute approximate surface area is 114 Å². The minimum absolute atomic E-state index is 0.537. The Balaban J connectivity index is 2.05. The summed E-state index contributed by atoms with van der Waals surface area (Å²) in [5.41, 5.74) is 5.36. The number of para-hydroxylation sites is 1. The van der Waals surface area contributed by atoms with Gasteiger partial charge in [-0.15, -0.1) is 0 Å². The van der Waals surface area contributed by atoms with Crippen LogP contribution in [0.1, 0.15) is 30.6 Å². The lowest BCUT2D eigenvalue weighted by Crippen LogP contribution is -2.43. The van der Waals surface area contributed by atoms with Gasteiger partial charge in [0.1, 0.15) is 0 Å². The third-order valence-electron chi connectivity index (χ3n) is 5.21. The molecule has 2 heterocycles. The molecule has 2 nitrogen and oxygen atoms in total. The van der Waals surface area contributed by atoms with Crippen molar-refractivity contribution in [2.45, 2.75) is 19.4 Å². The second-order valence-corrected chi connectivity index (χ2v) is 6.16. The number of nitrogens with zero attached hydrogens (tertiary/aromatic N) is 1. The summed E-state index contributed by atoms with van der Waals surface area (Å²) in [6, 6.07) is 9.20. The minimum atomic E-state index is 0.537. The molecule has 1 fully saturated rings. The number of allylic oxidation sites excluding steroid dienone is 1. The topological polar surface area (TPSA) is 19.0 Å². The maximum absolute atomic E-state index is 4.40. The van der Waals surface area contributed by atoms with Crippen LogP contribution < -0.4 is 0 Å². The van der Waals surface area contributed by atoms with E-state index >= 15 is 0 Å². The molecule has 0 saturated carbocycles. The van der Waals surface area contributed by atoms with Gasteiger partial charge in [-0.25, -0.2) is 0 Å². The number of piperidine rings is 1. The molecule has 1 aliphatic heterocycles. The third-order valence-corrected chi connectivity index (χ3v) is 5.21. The summed E-state index contributed by atoms with van der Waals surface area (Å²) in [6.45, 7) is 7.97. The van der Waals surface area contributed by atoms with Gasteiger partial charge in [0, 0.05) is 28.2 Å². The van der Waals surface area contributed by atoms with Gasteiger partial charge in [0.05, 0.1) is 0 Å². The number of hydrogen-bond acceptors (Lipinski definition) is 1. The number of H-pyrrole nitrogens is 1. The number of hydrogen-bond donors (Lipinski definition) is 1. The highest BCUT2D eigenvalue weighted by Gasteiger charge is 2.43. The van der Waals surface area contributed by atoms with Crippen molar-refractivity contribution >= 4 is 16.5 Å². The van der Waals surface area contributed by atoms with Crippen LogP contribution in [-0.2, 0) is 0 Å². The Kier molecular flexibility index (Phi) is 2.22. The molecule has 2 bridgehead atoms. The monoisotopic (exact) mass is 252 g/mol. The Hall–Kier alpha value is -1.54. The SMILES string of the molecule is C=C1c2[nH]c3ccccc3c2[C@H]2[C@@H](C)[C@@H]1CCN2C. The molecule has 1 saturated heterocycles. The van der Waals surface area contributed by atoms with Gasteiger partial charge in [-0.2, -0.15) is 0 Å². The van der Waals surface area contributed by atoms with Crippen molar-refractivity contribution in [1.82, 2.24) is 9.88 Å². The highest BCUT2D eigenvalue weighted by Crippen LogP contribution is 2.52. The Morgan fingerprint density at radius 3 is 2.95 bits per heavy atom. The van der Waals surface area contributed by atoms with Gasteiger partial charge in [-0.05, 0) is 43.5 Å². The fourth-order valence-corrected chi connectivity index (χ4v) is 4.25. The number of fused-ring (bicyclic) bond motifs is 6. The van der Waals surface area contributed by atoms with E-state index in [1.54, 1.807) is 0 Å². The van der Waals surface area contributed by atoms with Crippen LogP contribution in [0.3, 0.4) is 0 Å². The first kappa shape index (κ1) is 11.3. The van der Waals surface area contributed by atoms with Crippen LogP contribution in [0.4, 0.5) is 0 Å². The van der Waals surface area contributed by atoms with Gasteiger partial charge in [-0.3, -0.25) is 4.90 Å². The molecule has 0 radical (unpaired) electrons. The Bertz CT molecular complexity index is 667. The van der Waals surface area contributed by atoms with Gasteiger partial charge in [0.15, 0.2) is 0 Å². The number of aromatic amines is 1. The molecule has 1 aromatic heterocycles. The van der Waals surface area contributed by atoms with E-state index in [1.807, 2.05) is 0 Å². The lowest BCUT2D eigenvalue weighted by atomic mass is 9.68. The fraction of sp³-hybridized carbons (Fsp3) is 0.412. The second kappa shape index (κ2) is 3.73. The van der Waals surface area contributed by atoms with Crippen LogP contribution in [-0.4, -0.2) is 23.5 Å². The van der Waals surface area contributed by atoms with Gasteiger partial charge in [0.25, 0.3) is 0 Å². The molecular formula is C17H20N2. The van der Waals surface area contributed by atoms with Crippen molar-refractivity contribution in [3.05, 3.63) is 42.1 Å². The molecule has 0 unspecified atom stereocenters. The van der Waals surface area contributed by atoms with Crippen molar-refractivity contribution in [2.24, 2.45) is 11.8 Å². The van der Waals surface area contributed by atoms with E-state index in [4.69, 9.17) is 0 Å². The summed E-state index contributed by atoms with van der Waals surface area (Å²) < 4.78 is 0. The first-order valence-electron chi connectivity index (χ1n) is 7.18. The predicted molar refractivity (Wildman–Crippen MR) is 80.0 cm³/mol. The molecule has 2 aromatic rings. The molecule has 2 heteroatoms. The van der Waals surface area contributed by atoms with E-state index in [1.165, 1.54) is 40.7 Å². The second-order valence-electron chi connectivity index (χ2n) is 6.16. The molecule has 19 heavy (non-hydrogen) atoms. The molecule has 98 valence electrons. The van der Waals surface area contributed by atoms with E-state index in [2.05, 4.69) is 54.7 Å². The highest BCUT2D eigenvalue weighted by molar-refractivity contribution is 5.91. The van der Waals surface area contributed by atoms with Crippen LogP contribution in [0.5, 0.6) is 0 Å². The van der Waals surface area contributed by atoms with Crippen LogP contribution in [0.15, 0.2) is 30.8 Å². The van der Waals surface area contributed by atoms with Crippen molar-refractivity contribution < 1.29 is 0 Å². The zero-order chi connectivity index (χ0) is 13.1. The number of likely N-dealkylation sites (tertiary alicyclic amines) is 1. The van der Waals surface area contributed by atoms with Crippen molar-refractivity contribution in [3.63, 3.8) is 0 Å². The summed E-state index contributed by atoms with van der Waals surface area (Å²) in [4.78, 5) is 6.13. The van der Waals surface area contributed by atoms with E-state index in [0.717, 1.165) is 0 Å². The third kappa shape index (κ3) is 1.35. The minimum Gasteiger partial charge on any atom is -0.355 e. The van der Waals surface area contributed by atoms with Gasteiger partial charge < -0.3 is 4.98 Å². The number of benzene rings is 1. The summed E-state index contributed by atoms with van der Waals surface area (Å²) in [7, 11) is 2.26. The lowest BCUT2D eigenvalue weighted by molar-refractivity contribution is 0.0977. The quantitative estimate of drug-likeness (QED) is 0.755. The molecule has 1 aliphatic carbocycles. The Morgan fingerprint density at radius 2 is 2.11 bits per heavy atom. The fourth-order valence-electron chi connectivity index (χ4n) is 4.25. The van der Waals surface area contributed by atoms with E-state index in [9.17, 15) is 0 Å². The predicted octanol–water partition coefficient (Wildman–Crippen LogP) is 3.82. The van der Waals surface area contributed by atoms with E-state index in [-0.39, 0.29) is 0 Å². The van der Waals surface area contributed by atoms with E-state index in [0.29, 0.717) is 17.9 Å². The van der Waals surface area contributed by atoms with Gasteiger partial charge in [-0.1, -0.05) is 31.7 Å². The number of nitrogens with one attached hydrogen (secondary N) is 1. The van der Waals surface area contributed by atoms with Gasteiger partial charge >= 0.3 is 0 Å². The lowest BCUT2D eigenvalue weighted by Gasteiger charge is -2.47. The summed E-state index contributed by atoms with van der Waals surface area (Å²) in [6.07, 6.45) is 1.24. The molecule has 0 spiro atoms. The summed E-state index contributed by atoms with van der Waals surface area (Å²) in [5, 5.41) is 1.38. The van der Waals surface area contributed by atoms with Crippen LogP contribution >= 0.6 is 0 Å². The molecule has 0 amide bonds. The zero-order valence-electron chi connectivity index (χ0n) is 11.6. The maximum atomic E-state index is 4.40. The molecule has 1 aromatic carbocycles. The van der Waals surface area contributed by atoms with Crippen LogP contribution in [0.2, 0.25) is 0 Å². The van der Waals surface area contributed by atoms with Crippen molar-refractivity contribution in [2.75, 3.05) is 13.6 Å². The maximum Gasteiger partial charge on any atom is 0.0469 e. The standard InChI is InChI=1S/C17H20N2/c1-10-12-8-9-19(3)17(11(12)2)15-13-6-4-5-7-14(13)18-16(10)15/h4-7,11-12,17-18H,1,8-9H2,2-3H3/t11-,12+,17+/m0/s1.